The third-order valence-electron chi connectivity index (χ3n) is 5.28. The predicted octanol–water partition coefficient (Wildman–Crippen LogP) is 2.77. The Kier molecular flexibility index (Phi) is 4.40. The van der Waals surface area contributed by atoms with Gasteiger partial charge in [0.15, 0.2) is 0 Å². The Hall–Kier alpha value is -1.06. The molecule has 4 heteroatoms. The Labute approximate surface area is 121 Å². The highest BCUT2D eigenvalue weighted by Crippen LogP contribution is 2.59. The van der Waals surface area contributed by atoms with Gasteiger partial charge in [-0.15, -0.1) is 0 Å². The molecule has 1 spiro atoms. The Morgan fingerprint density at radius 1 is 1.30 bits per heavy atom. The molecule has 1 N–H and O–H groups in total. The van der Waals surface area contributed by atoms with Gasteiger partial charge in [-0.2, -0.15) is 0 Å². The summed E-state index contributed by atoms with van der Waals surface area (Å²) in [5.74, 6) is -0.0223. The van der Waals surface area contributed by atoms with Crippen LogP contribution in [0.3, 0.4) is 0 Å². The molecule has 1 amide bonds. The standard InChI is InChI=1S/C16H27NO3/c1-4-5-12(11(2)3)14(18)17-8-6-16(7-9-17)10-13(16)15(19)20/h11-13H,4-10H2,1-3H3,(H,19,20). The van der Waals surface area contributed by atoms with Gasteiger partial charge in [-0.05, 0) is 37.0 Å². The van der Waals surface area contributed by atoms with E-state index in [9.17, 15) is 9.59 Å². The zero-order chi connectivity index (χ0) is 14.9. The molecule has 0 radical (unpaired) electrons. The summed E-state index contributed by atoms with van der Waals surface area (Å²) in [6, 6.07) is 0. The summed E-state index contributed by atoms with van der Waals surface area (Å²) in [5.41, 5.74) is 0.0146. The largest absolute Gasteiger partial charge is 0.481 e. The van der Waals surface area contributed by atoms with Crippen LogP contribution in [0.15, 0.2) is 0 Å². The zero-order valence-corrected chi connectivity index (χ0v) is 12.9. The molecule has 0 aromatic rings. The van der Waals surface area contributed by atoms with E-state index in [-0.39, 0.29) is 23.2 Å². The monoisotopic (exact) mass is 281 g/mol. The van der Waals surface area contributed by atoms with Crippen molar-refractivity contribution in [3.63, 3.8) is 0 Å². The third kappa shape index (κ3) is 2.84. The first-order chi connectivity index (χ1) is 9.41. The summed E-state index contributed by atoms with van der Waals surface area (Å²) in [4.78, 5) is 25.6. The SMILES string of the molecule is CCCC(C(=O)N1CCC2(CC1)CC2C(=O)O)C(C)C. The molecule has 0 aromatic heterocycles. The van der Waals surface area contributed by atoms with Crippen molar-refractivity contribution in [1.82, 2.24) is 4.90 Å². The van der Waals surface area contributed by atoms with Crippen molar-refractivity contribution >= 4 is 11.9 Å². The Morgan fingerprint density at radius 3 is 2.30 bits per heavy atom. The van der Waals surface area contributed by atoms with Gasteiger partial charge in [-0.1, -0.05) is 27.2 Å². The lowest BCUT2D eigenvalue weighted by Gasteiger charge is -2.35. The van der Waals surface area contributed by atoms with Crippen molar-refractivity contribution in [1.29, 1.82) is 0 Å². The Morgan fingerprint density at radius 2 is 1.90 bits per heavy atom. The van der Waals surface area contributed by atoms with E-state index < -0.39 is 5.97 Å². The minimum Gasteiger partial charge on any atom is -0.481 e. The molecular weight excluding hydrogens is 254 g/mol. The number of rotatable bonds is 5. The molecule has 114 valence electrons. The van der Waals surface area contributed by atoms with Crippen LogP contribution < -0.4 is 0 Å². The summed E-state index contributed by atoms with van der Waals surface area (Å²) in [7, 11) is 0. The van der Waals surface area contributed by atoms with Gasteiger partial charge < -0.3 is 10.0 Å². The maximum Gasteiger partial charge on any atom is 0.307 e. The van der Waals surface area contributed by atoms with Crippen molar-refractivity contribution in [2.45, 2.75) is 52.9 Å². The topological polar surface area (TPSA) is 57.6 Å². The smallest absolute Gasteiger partial charge is 0.307 e. The first kappa shape index (κ1) is 15.3. The van der Waals surface area contributed by atoms with Gasteiger partial charge in [0.1, 0.15) is 0 Å². The lowest BCUT2D eigenvalue weighted by atomic mass is 9.87. The number of carboxylic acids is 1. The average Bonchev–Trinajstić information content (AvgIpc) is 3.10. The zero-order valence-electron chi connectivity index (χ0n) is 12.9. The number of hydrogen-bond donors (Lipinski definition) is 1. The van der Waals surface area contributed by atoms with Gasteiger partial charge in [0, 0.05) is 19.0 Å². The molecule has 2 aliphatic rings. The normalized spacial score (nSPS) is 25.8. The average molecular weight is 281 g/mol. The molecule has 2 fully saturated rings. The molecule has 1 saturated carbocycles. The van der Waals surface area contributed by atoms with E-state index in [2.05, 4.69) is 20.8 Å². The highest BCUT2D eigenvalue weighted by atomic mass is 16.4. The minimum absolute atomic E-state index is 0.0146. The van der Waals surface area contributed by atoms with Crippen molar-refractivity contribution in [2.24, 2.45) is 23.2 Å². The summed E-state index contributed by atoms with van der Waals surface area (Å²) >= 11 is 0. The maximum absolute atomic E-state index is 12.6. The number of carbonyl (C=O) groups excluding carboxylic acids is 1. The number of carboxylic acid groups (broad SMARTS) is 1. The van der Waals surface area contributed by atoms with E-state index in [0.717, 1.165) is 45.2 Å². The second-order valence-corrected chi connectivity index (χ2v) is 6.92. The van der Waals surface area contributed by atoms with E-state index >= 15 is 0 Å². The summed E-state index contributed by atoms with van der Waals surface area (Å²) < 4.78 is 0. The fraction of sp³-hybridized carbons (Fsp3) is 0.875. The number of carbonyl (C=O) groups is 2. The number of hydrogen-bond acceptors (Lipinski definition) is 2. The second kappa shape index (κ2) is 5.74. The van der Waals surface area contributed by atoms with Crippen LogP contribution in [0.4, 0.5) is 0 Å². The van der Waals surface area contributed by atoms with Crippen molar-refractivity contribution in [3.05, 3.63) is 0 Å². The molecule has 1 aliphatic heterocycles. The first-order valence-electron chi connectivity index (χ1n) is 7.93. The van der Waals surface area contributed by atoms with Gasteiger partial charge in [0.2, 0.25) is 5.91 Å². The molecule has 0 aromatic carbocycles. The number of likely N-dealkylation sites (tertiary alicyclic amines) is 1. The highest BCUT2D eigenvalue weighted by Gasteiger charge is 2.59. The molecule has 1 aliphatic carbocycles. The minimum atomic E-state index is -0.657. The van der Waals surface area contributed by atoms with Crippen LogP contribution in [0.2, 0.25) is 0 Å². The molecular formula is C16H27NO3. The summed E-state index contributed by atoms with van der Waals surface area (Å²) in [6.45, 7) is 7.84. The highest BCUT2D eigenvalue weighted by molar-refractivity contribution is 5.79. The van der Waals surface area contributed by atoms with Crippen LogP contribution >= 0.6 is 0 Å². The second-order valence-electron chi connectivity index (χ2n) is 6.92. The fourth-order valence-electron chi connectivity index (χ4n) is 3.71. The number of aliphatic carboxylic acids is 1. The van der Waals surface area contributed by atoms with Crippen molar-refractivity contribution < 1.29 is 14.7 Å². The quantitative estimate of drug-likeness (QED) is 0.843. The molecule has 1 saturated heterocycles. The Balaban J connectivity index is 1.90. The number of piperidine rings is 1. The number of amides is 1. The third-order valence-corrected chi connectivity index (χ3v) is 5.28. The van der Waals surface area contributed by atoms with Gasteiger partial charge in [0.25, 0.3) is 0 Å². The van der Waals surface area contributed by atoms with Crippen LogP contribution in [0.1, 0.15) is 52.9 Å². The van der Waals surface area contributed by atoms with E-state index in [1.807, 2.05) is 4.90 Å². The maximum atomic E-state index is 12.6. The van der Waals surface area contributed by atoms with Crippen LogP contribution in [-0.2, 0) is 9.59 Å². The van der Waals surface area contributed by atoms with Gasteiger partial charge in [0.05, 0.1) is 5.92 Å². The molecule has 20 heavy (non-hydrogen) atoms. The van der Waals surface area contributed by atoms with E-state index in [0.29, 0.717) is 5.92 Å². The summed E-state index contributed by atoms with van der Waals surface area (Å²) in [5, 5.41) is 9.10. The van der Waals surface area contributed by atoms with Gasteiger partial charge in [-0.3, -0.25) is 9.59 Å². The van der Waals surface area contributed by atoms with E-state index in [1.165, 1.54) is 0 Å². The van der Waals surface area contributed by atoms with Crippen LogP contribution in [-0.4, -0.2) is 35.0 Å². The molecule has 4 nitrogen and oxygen atoms in total. The molecule has 2 rings (SSSR count). The Bertz CT molecular complexity index is 383. The van der Waals surface area contributed by atoms with Crippen LogP contribution in [0.5, 0.6) is 0 Å². The van der Waals surface area contributed by atoms with Crippen LogP contribution in [0.25, 0.3) is 0 Å². The summed E-state index contributed by atoms with van der Waals surface area (Å²) in [6.07, 6.45) is 4.54. The molecule has 2 unspecified atom stereocenters. The van der Waals surface area contributed by atoms with E-state index in [1.54, 1.807) is 0 Å². The molecule has 2 atom stereocenters. The number of nitrogens with zero attached hydrogens (tertiary/aromatic N) is 1. The lowest BCUT2D eigenvalue weighted by molar-refractivity contribution is -0.140. The van der Waals surface area contributed by atoms with Crippen LogP contribution in [0, 0.1) is 23.2 Å². The first-order valence-corrected chi connectivity index (χ1v) is 7.93. The predicted molar refractivity (Wildman–Crippen MR) is 77.2 cm³/mol. The molecule has 1 heterocycles. The van der Waals surface area contributed by atoms with E-state index in [4.69, 9.17) is 5.11 Å². The van der Waals surface area contributed by atoms with Crippen molar-refractivity contribution in [3.8, 4) is 0 Å². The lowest BCUT2D eigenvalue weighted by Crippen LogP contribution is -2.44. The van der Waals surface area contributed by atoms with Gasteiger partial charge in [-0.25, -0.2) is 0 Å². The fourth-order valence-corrected chi connectivity index (χ4v) is 3.71. The van der Waals surface area contributed by atoms with Gasteiger partial charge >= 0.3 is 5.97 Å². The van der Waals surface area contributed by atoms with Crippen molar-refractivity contribution in [2.75, 3.05) is 13.1 Å². The molecule has 0 bridgehead atoms.